The van der Waals surface area contributed by atoms with Crippen LogP contribution in [-0.4, -0.2) is 15.8 Å². The van der Waals surface area contributed by atoms with Crippen LogP contribution < -0.4 is 11.1 Å². The molecule has 8 nitrogen and oxygen atoms in total. The van der Waals surface area contributed by atoms with Crippen molar-refractivity contribution < 1.29 is 9.72 Å². The van der Waals surface area contributed by atoms with Crippen molar-refractivity contribution in [2.75, 3.05) is 5.32 Å². The van der Waals surface area contributed by atoms with Crippen molar-refractivity contribution in [3.63, 3.8) is 0 Å². The van der Waals surface area contributed by atoms with Crippen molar-refractivity contribution in [1.29, 1.82) is 5.26 Å². The number of amides is 1. The third-order valence-electron chi connectivity index (χ3n) is 3.76. The molecule has 3 rings (SSSR count). The fraction of sp³-hybridized carbons (Fsp3) is 0. The summed E-state index contributed by atoms with van der Waals surface area (Å²) in [5.74, 6) is -0.826. The van der Waals surface area contributed by atoms with Gasteiger partial charge in [-0.1, -0.05) is 18.2 Å². The third kappa shape index (κ3) is 3.22. The van der Waals surface area contributed by atoms with Gasteiger partial charge in [0.1, 0.15) is 11.6 Å². The average Bonchev–Trinajstić information content (AvgIpc) is 2.97. The number of benzene rings is 2. The van der Waals surface area contributed by atoms with Gasteiger partial charge in [-0.25, -0.2) is 0 Å². The highest BCUT2D eigenvalue weighted by atomic mass is 16.6. The summed E-state index contributed by atoms with van der Waals surface area (Å²) in [4.78, 5) is 24.8. The number of hydrogen-bond acceptors (Lipinski definition) is 5. The summed E-state index contributed by atoms with van der Waals surface area (Å²) in [6.07, 6.45) is 1.37. The molecule has 0 aliphatic carbocycles. The summed E-state index contributed by atoms with van der Waals surface area (Å²) >= 11 is 0. The van der Waals surface area contributed by atoms with Crippen molar-refractivity contribution >= 4 is 39.9 Å². The number of fused-ring (bicyclic) bond motifs is 1. The van der Waals surface area contributed by atoms with Crippen molar-refractivity contribution in [2.45, 2.75) is 0 Å². The summed E-state index contributed by atoms with van der Waals surface area (Å²) in [5, 5.41) is 23.9. The van der Waals surface area contributed by atoms with Gasteiger partial charge >= 0.3 is 0 Å². The van der Waals surface area contributed by atoms with Gasteiger partial charge < -0.3 is 16.0 Å². The predicted molar refractivity (Wildman–Crippen MR) is 97.5 cm³/mol. The molecule has 0 spiro atoms. The zero-order chi connectivity index (χ0) is 18.7. The van der Waals surface area contributed by atoms with Crippen LogP contribution in [-0.2, 0) is 4.79 Å². The number of nitrogens with one attached hydrogen (secondary N) is 2. The molecule has 0 radical (unpaired) electrons. The van der Waals surface area contributed by atoms with E-state index in [1.165, 1.54) is 18.2 Å². The largest absolute Gasteiger partial charge is 0.365 e. The van der Waals surface area contributed by atoms with Crippen LogP contribution in [0.15, 0.2) is 54.1 Å². The Hall–Kier alpha value is -4.12. The first-order valence-corrected chi connectivity index (χ1v) is 7.53. The molecule has 128 valence electrons. The van der Waals surface area contributed by atoms with Crippen LogP contribution in [0.2, 0.25) is 0 Å². The molecule has 0 unspecified atom stereocenters. The van der Waals surface area contributed by atoms with Gasteiger partial charge in [-0.05, 0) is 24.3 Å². The van der Waals surface area contributed by atoms with E-state index < -0.39 is 10.8 Å². The van der Waals surface area contributed by atoms with Gasteiger partial charge in [0.15, 0.2) is 0 Å². The first kappa shape index (κ1) is 16.7. The van der Waals surface area contributed by atoms with E-state index in [0.717, 1.165) is 10.9 Å². The number of nitro benzene ring substituents is 1. The van der Waals surface area contributed by atoms with Crippen molar-refractivity contribution in [3.05, 3.63) is 69.9 Å². The number of rotatable bonds is 5. The fourth-order valence-electron chi connectivity index (χ4n) is 2.52. The lowest BCUT2D eigenvalue weighted by Gasteiger charge is -2.07. The number of non-ortho nitro benzene ring substituents is 1. The Morgan fingerprint density at radius 2 is 1.92 bits per heavy atom. The molecule has 0 saturated heterocycles. The molecule has 0 aliphatic heterocycles. The van der Waals surface area contributed by atoms with Gasteiger partial charge in [0, 0.05) is 28.7 Å². The minimum Gasteiger partial charge on any atom is -0.365 e. The number of nitrogens with zero attached hydrogens (tertiary/aromatic N) is 2. The summed E-state index contributed by atoms with van der Waals surface area (Å²) in [7, 11) is 0. The molecule has 0 bridgehead atoms. The van der Waals surface area contributed by atoms with E-state index in [2.05, 4.69) is 10.3 Å². The van der Waals surface area contributed by atoms with Crippen LogP contribution in [0.3, 0.4) is 0 Å². The number of nitriles is 1. The van der Waals surface area contributed by atoms with Crippen LogP contribution >= 0.6 is 0 Å². The van der Waals surface area contributed by atoms with Crippen molar-refractivity contribution in [1.82, 2.24) is 4.98 Å². The molecule has 3 aromatic rings. The van der Waals surface area contributed by atoms with Gasteiger partial charge in [0.2, 0.25) is 0 Å². The molecule has 0 fully saturated rings. The van der Waals surface area contributed by atoms with Crippen molar-refractivity contribution in [2.24, 2.45) is 5.73 Å². The number of nitro groups is 1. The quantitative estimate of drug-likeness (QED) is 0.281. The van der Waals surface area contributed by atoms with E-state index in [1.54, 1.807) is 18.2 Å². The molecule has 1 aromatic heterocycles. The molecular formula is C18H13N5O3. The Morgan fingerprint density at radius 3 is 2.54 bits per heavy atom. The van der Waals surface area contributed by atoms with Gasteiger partial charge in [0.25, 0.3) is 11.6 Å². The van der Waals surface area contributed by atoms with E-state index in [4.69, 9.17) is 11.0 Å². The van der Waals surface area contributed by atoms with Gasteiger partial charge in [0.05, 0.1) is 16.3 Å². The van der Waals surface area contributed by atoms with Crippen LogP contribution in [0.25, 0.3) is 17.0 Å². The minimum atomic E-state index is -0.826. The highest BCUT2D eigenvalue weighted by Crippen LogP contribution is 2.32. The summed E-state index contributed by atoms with van der Waals surface area (Å²) in [5.41, 5.74) is 7.54. The van der Waals surface area contributed by atoms with Gasteiger partial charge in [-0.2, -0.15) is 5.26 Å². The topological polar surface area (TPSA) is 138 Å². The third-order valence-corrected chi connectivity index (χ3v) is 3.76. The Kier molecular flexibility index (Phi) is 4.36. The molecule has 0 atom stereocenters. The summed E-state index contributed by atoms with van der Waals surface area (Å²) < 4.78 is 0. The van der Waals surface area contributed by atoms with Crippen LogP contribution in [0, 0.1) is 21.4 Å². The van der Waals surface area contributed by atoms with E-state index in [9.17, 15) is 14.9 Å². The number of carbonyl (C=O) groups is 1. The standard InChI is InChI=1S/C18H13N5O3/c19-10-11(18(20)24)9-16-17(14-3-1-2-4-15(14)22-16)21-12-5-7-13(8-6-12)23(25)26/h1-9,21-22H,(H2,20,24). The average molecular weight is 347 g/mol. The zero-order valence-corrected chi connectivity index (χ0v) is 13.4. The normalized spacial score (nSPS) is 11.1. The predicted octanol–water partition coefficient (Wildman–Crippen LogP) is 3.21. The molecule has 1 heterocycles. The Balaban J connectivity index is 2.09. The number of H-pyrrole nitrogens is 1. The number of para-hydroxylation sites is 1. The SMILES string of the molecule is N#CC(=Cc1[nH]c2ccccc2c1Nc1ccc([N+](=O)[O-])cc1)C(N)=O. The van der Waals surface area contributed by atoms with Crippen molar-refractivity contribution in [3.8, 4) is 6.07 Å². The number of anilines is 2. The van der Waals surface area contributed by atoms with Crippen LogP contribution in [0.5, 0.6) is 0 Å². The zero-order valence-electron chi connectivity index (χ0n) is 13.4. The maximum absolute atomic E-state index is 11.4. The van der Waals surface area contributed by atoms with E-state index >= 15 is 0 Å². The second-order valence-corrected chi connectivity index (χ2v) is 5.42. The minimum absolute atomic E-state index is 0.0184. The second kappa shape index (κ2) is 6.78. The number of primary amides is 1. The van der Waals surface area contributed by atoms with Crippen LogP contribution in [0.4, 0.5) is 17.1 Å². The lowest BCUT2D eigenvalue weighted by Crippen LogP contribution is -2.12. The molecule has 4 N–H and O–H groups in total. The Morgan fingerprint density at radius 1 is 1.23 bits per heavy atom. The highest BCUT2D eigenvalue weighted by Gasteiger charge is 2.13. The molecular weight excluding hydrogens is 334 g/mol. The molecule has 0 saturated carbocycles. The van der Waals surface area contributed by atoms with Gasteiger partial charge in [-0.3, -0.25) is 14.9 Å². The van der Waals surface area contributed by atoms with E-state index in [0.29, 0.717) is 17.1 Å². The number of carbonyl (C=O) groups excluding carboxylic acids is 1. The smallest absolute Gasteiger partial charge is 0.269 e. The number of hydrogen-bond donors (Lipinski definition) is 3. The van der Waals surface area contributed by atoms with Crippen LogP contribution in [0.1, 0.15) is 5.69 Å². The highest BCUT2D eigenvalue weighted by molar-refractivity contribution is 6.04. The maximum atomic E-state index is 11.4. The lowest BCUT2D eigenvalue weighted by molar-refractivity contribution is -0.384. The molecule has 26 heavy (non-hydrogen) atoms. The molecule has 0 aliphatic rings. The molecule has 8 heteroatoms. The molecule has 2 aromatic carbocycles. The first-order chi connectivity index (χ1) is 12.5. The van der Waals surface area contributed by atoms with Gasteiger partial charge in [-0.15, -0.1) is 0 Å². The number of aromatic nitrogens is 1. The fourth-order valence-corrected chi connectivity index (χ4v) is 2.52. The Labute approximate surface area is 147 Å². The monoisotopic (exact) mass is 347 g/mol. The lowest BCUT2D eigenvalue weighted by atomic mass is 10.1. The first-order valence-electron chi connectivity index (χ1n) is 7.53. The summed E-state index contributed by atoms with van der Waals surface area (Å²) in [6.45, 7) is 0. The number of aromatic amines is 1. The maximum Gasteiger partial charge on any atom is 0.269 e. The van der Waals surface area contributed by atoms with E-state index in [1.807, 2.05) is 24.3 Å². The second-order valence-electron chi connectivity index (χ2n) is 5.42. The summed E-state index contributed by atoms with van der Waals surface area (Å²) in [6, 6.07) is 15.1. The molecule has 1 amide bonds. The van der Waals surface area contributed by atoms with E-state index in [-0.39, 0.29) is 11.3 Å². The Bertz CT molecular complexity index is 1070. The number of nitrogens with two attached hydrogens (primary N) is 1.